The second kappa shape index (κ2) is 6.66. The number of halogens is 1. The Kier molecular flexibility index (Phi) is 4.91. The van der Waals surface area contributed by atoms with Crippen molar-refractivity contribution in [3.05, 3.63) is 24.5 Å². The molecule has 2 atom stereocenters. The van der Waals surface area contributed by atoms with Crippen LogP contribution in [0, 0.1) is 0 Å². The first-order valence-electron chi connectivity index (χ1n) is 6.67. The van der Waals surface area contributed by atoms with Gasteiger partial charge in [0.2, 0.25) is 5.95 Å². The lowest BCUT2D eigenvalue weighted by molar-refractivity contribution is 0.586. The van der Waals surface area contributed by atoms with Crippen LogP contribution < -0.4 is 5.32 Å². The summed E-state index contributed by atoms with van der Waals surface area (Å²) in [6, 6.07) is 4.13. The lowest BCUT2D eigenvalue weighted by Crippen LogP contribution is -2.23. The number of nitrogens with zero attached hydrogens (tertiary/aromatic N) is 3. The van der Waals surface area contributed by atoms with Gasteiger partial charge in [0.1, 0.15) is 5.52 Å². The zero-order chi connectivity index (χ0) is 13.7. The van der Waals surface area contributed by atoms with Crippen LogP contribution in [0.2, 0.25) is 0 Å². The third kappa shape index (κ3) is 4.03. The van der Waals surface area contributed by atoms with E-state index in [-0.39, 0.29) is 5.38 Å². The van der Waals surface area contributed by atoms with Crippen LogP contribution in [0.3, 0.4) is 0 Å². The van der Waals surface area contributed by atoms with Gasteiger partial charge in [0.25, 0.3) is 0 Å². The predicted molar refractivity (Wildman–Crippen MR) is 79.6 cm³/mol. The number of rotatable bonds is 6. The number of anilines is 1. The molecule has 0 spiro atoms. The number of aromatic nitrogens is 3. The molecule has 2 aromatic heterocycles. The standard InChI is InChI=1S/C14H19ClN4/c1-3-5-11(8-10(2)15)18-14-17-9-13-12(19-14)6-4-7-16-13/h4,6-7,9-11H,3,5,8H2,1-2H3,(H,17,18,19). The molecule has 0 bridgehead atoms. The molecule has 0 radical (unpaired) electrons. The van der Waals surface area contributed by atoms with Gasteiger partial charge >= 0.3 is 0 Å². The van der Waals surface area contributed by atoms with E-state index in [0.29, 0.717) is 12.0 Å². The Morgan fingerprint density at radius 1 is 1.32 bits per heavy atom. The van der Waals surface area contributed by atoms with Crippen LogP contribution in [0.4, 0.5) is 5.95 Å². The fourth-order valence-electron chi connectivity index (χ4n) is 2.11. The molecule has 5 heteroatoms. The maximum Gasteiger partial charge on any atom is 0.223 e. The SMILES string of the molecule is CCCC(CC(C)Cl)Nc1ncc2ncccc2n1. The predicted octanol–water partition coefficient (Wildman–Crippen LogP) is 3.62. The number of nitrogens with one attached hydrogen (secondary N) is 1. The van der Waals surface area contributed by atoms with E-state index in [1.165, 1.54) is 0 Å². The smallest absolute Gasteiger partial charge is 0.223 e. The maximum atomic E-state index is 6.08. The first-order valence-corrected chi connectivity index (χ1v) is 7.11. The minimum absolute atomic E-state index is 0.145. The third-order valence-corrected chi connectivity index (χ3v) is 3.11. The molecule has 19 heavy (non-hydrogen) atoms. The Hall–Kier alpha value is -1.42. The van der Waals surface area contributed by atoms with E-state index < -0.39 is 0 Å². The van der Waals surface area contributed by atoms with E-state index in [2.05, 4.69) is 27.2 Å². The lowest BCUT2D eigenvalue weighted by Gasteiger charge is -2.19. The largest absolute Gasteiger partial charge is 0.351 e. The summed E-state index contributed by atoms with van der Waals surface area (Å²) in [4.78, 5) is 13.0. The Morgan fingerprint density at radius 3 is 2.89 bits per heavy atom. The molecule has 0 saturated carbocycles. The first-order chi connectivity index (χ1) is 9.19. The molecule has 2 rings (SSSR count). The van der Waals surface area contributed by atoms with Crippen LogP contribution in [-0.4, -0.2) is 26.4 Å². The third-order valence-electron chi connectivity index (χ3n) is 2.93. The Balaban J connectivity index is 2.13. The van der Waals surface area contributed by atoms with E-state index in [0.717, 1.165) is 30.3 Å². The van der Waals surface area contributed by atoms with E-state index in [1.807, 2.05) is 19.1 Å². The summed E-state index contributed by atoms with van der Waals surface area (Å²) in [5.74, 6) is 0.649. The molecule has 0 aliphatic rings. The molecule has 2 unspecified atom stereocenters. The van der Waals surface area contributed by atoms with Crippen LogP contribution >= 0.6 is 11.6 Å². The van der Waals surface area contributed by atoms with Crippen molar-refractivity contribution in [2.45, 2.75) is 44.5 Å². The van der Waals surface area contributed by atoms with Gasteiger partial charge in [-0.05, 0) is 31.9 Å². The molecule has 0 aromatic carbocycles. The van der Waals surface area contributed by atoms with Crippen molar-refractivity contribution in [2.24, 2.45) is 0 Å². The molecule has 0 aliphatic carbocycles. The monoisotopic (exact) mass is 278 g/mol. The highest BCUT2D eigenvalue weighted by atomic mass is 35.5. The van der Waals surface area contributed by atoms with Gasteiger partial charge < -0.3 is 5.32 Å². The van der Waals surface area contributed by atoms with Crippen molar-refractivity contribution >= 4 is 28.6 Å². The summed E-state index contributed by atoms with van der Waals surface area (Å²) < 4.78 is 0. The van der Waals surface area contributed by atoms with Crippen LogP contribution in [0.1, 0.15) is 33.1 Å². The average Bonchev–Trinajstić information content (AvgIpc) is 2.38. The summed E-state index contributed by atoms with van der Waals surface area (Å²) in [5.41, 5.74) is 1.67. The molecule has 2 aromatic rings. The molecule has 4 nitrogen and oxygen atoms in total. The highest BCUT2D eigenvalue weighted by Crippen LogP contribution is 2.15. The van der Waals surface area contributed by atoms with Gasteiger partial charge in [0.15, 0.2) is 0 Å². The molecule has 0 aliphatic heterocycles. The molecule has 0 saturated heterocycles. The van der Waals surface area contributed by atoms with Crippen molar-refractivity contribution in [3.8, 4) is 0 Å². The number of hydrogen-bond donors (Lipinski definition) is 1. The normalized spacial score (nSPS) is 14.3. The molecule has 0 fully saturated rings. The average molecular weight is 279 g/mol. The van der Waals surface area contributed by atoms with Gasteiger partial charge in [0.05, 0.1) is 11.7 Å². The fraction of sp³-hybridized carbons (Fsp3) is 0.500. The van der Waals surface area contributed by atoms with Gasteiger partial charge in [-0.3, -0.25) is 4.98 Å². The van der Waals surface area contributed by atoms with Crippen LogP contribution in [0.15, 0.2) is 24.5 Å². The van der Waals surface area contributed by atoms with Gasteiger partial charge in [-0.1, -0.05) is 13.3 Å². The molecule has 1 N–H and O–H groups in total. The van der Waals surface area contributed by atoms with Gasteiger partial charge in [-0.25, -0.2) is 9.97 Å². The summed E-state index contributed by atoms with van der Waals surface area (Å²) in [5, 5.41) is 3.51. The number of fused-ring (bicyclic) bond motifs is 1. The zero-order valence-corrected chi connectivity index (χ0v) is 12.1. The van der Waals surface area contributed by atoms with Crippen LogP contribution in [-0.2, 0) is 0 Å². The lowest BCUT2D eigenvalue weighted by atomic mass is 10.1. The summed E-state index contributed by atoms with van der Waals surface area (Å²) >= 11 is 6.08. The zero-order valence-electron chi connectivity index (χ0n) is 11.3. The Bertz CT molecular complexity index is 530. The van der Waals surface area contributed by atoms with Crippen molar-refractivity contribution in [2.75, 3.05) is 5.32 Å². The number of hydrogen-bond acceptors (Lipinski definition) is 4. The topological polar surface area (TPSA) is 50.7 Å². The van der Waals surface area contributed by atoms with Crippen molar-refractivity contribution < 1.29 is 0 Å². The fourth-order valence-corrected chi connectivity index (χ4v) is 2.32. The Labute approximate surface area is 118 Å². The van der Waals surface area contributed by atoms with Crippen molar-refractivity contribution in [1.29, 1.82) is 0 Å². The van der Waals surface area contributed by atoms with Crippen molar-refractivity contribution in [3.63, 3.8) is 0 Å². The molecular formula is C14H19ClN4. The van der Waals surface area contributed by atoms with Crippen LogP contribution in [0.25, 0.3) is 11.0 Å². The van der Waals surface area contributed by atoms with E-state index in [1.54, 1.807) is 12.4 Å². The Morgan fingerprint density at radius 2 is 2.16 bits per heavy atom. The summed E-state index contributed by atoms with van der Waals surface area (Å²) in [6.45, 7) is 4.18. The molecular weight excluding hydrogens is 260 g/mol. The quantitative estimate of drug-likeness (QED) is 0.820. The van der Waals surface area contributed by atoms with E-state index >= 15 is 0 Å². The second-order valence-corrected chi connectivity index (χ2v) is 5.49. The number of alkyl halides is 1. The molecule has 2 heterocycles. The van der Waals surface area contributed by atoms with Gasteiger partial charge in [-0.2, -0.15) is 0 Å². The minimum Gasteiger partial charge on any atom is -0.351 e. The second-order valence-electron chi connectivity index (χ2n) is 4.75. The number of pyridine rings is 1. The van der Waals surface area contributed by atoms with Gasteiger partial charge in [0, 0.05) is 17.6 Å². The highest BCUT2D eigenvalue weighted by molar-refractivity contribution is 6.20. The van der Waals surface area contributed by atoms with E-state index in [4.69, 9.17) is 11.6 Å². The summed E-state index contributed by atoms with van der Waals surface area (Å²) in [6.07, 6.45) is 6.57. The van der Waals surface area contributed by atoms with Gasteiger partial charge in [-0.15, -0.1) is 11.6 Å². The first kappa shape index (κ1) is 14.0. The highest BCUT2D eigenvalue weighted by Gasteiger charge is 2.12. The molecule has 0 amide bonds. The summed E-state index contributed by atoms with van der Waals surface area (Å²) in [7, 11) is 0. The van der Waals surface area contributed by atoms with Crippen molar-refractivity contribution in [1.82, 2.24) is 15.0 Å². The minimum atomic E-state index is 0.145. The van der Waals surface area contributed by atoms with Crippen LogP contribution in [0.5, 0.6) is 0 Å². The van der Waals surface area contributed by atoms with E-state index in [9.17, 15) is 0 Å². The maximum absolute atomic E-state index is 6.08. The molecule has 102 valence electrons.